The number of ether oxygens (including phenoxy) is 2. The van der Waals surface area contributed by atoms with Crippen LogP contribution in [0.4, 0.5) is 11.4 Å². The second-order valence-corrected chi connectivity index (χ2v) is 7.95. The van der Waals surface area contributed by atoms with Gasteiger partial charge in [0, 0.05) is 29.1 Å². The van der Waals surface area contributed by atoms with Crippen LogP contribution in [0, 0.1) is 17.0 Å². The lowest BCUT2D eigenvalue weighted by Crippen LogP contribution is -2.28. The van der Waals surface area contributed by atoms with Gasteiger partial charge in [-0.15, -0.1) is 0 Å². The lowest BCUT2D eigenvalue weighted by Gasteiger charge is -2.13. The van der Waals surface area contributed by atoms with E-state index < -0.39 is 16.9 Å². The molecular weight excluding hydrogens is 462 g/mol. The molecule has 0 radical (unpaired) electrons. The number of hydrogen-bond acceptors (Lipinski definition) is 7. The number of benzene rings is 3. The number of halogens is 1. The van der Waals surface area contributed by atoms with Crippen molar-refractivity contribution in [1.82, 2.24) is 0 Å². The Hall–Kier alpha value is -4.11. The molecule has 1 heterocycles. The average molecular weight is 482 g/mol. The summed E-state index contributed by atoms with van der Waals surface area (Å²) < 4.78 is 11.2. The van der Waals surface area contributed by atoms with Crippen LogP contribution in [0.2, 0.25) is 5.02 Å². The lowest BCUT2D eigenvalue weighted by atomic mass is 10.0. The van der Waals surface area contributed by atoms with Crippen molar-refractivity contribution in [2.24, 2.45) is 5.16 Å². The number of carbonyl (C=O) groups is 1. The highest BCUT2D eigenvalue weighted by atomic mass is 35.5. The summed E-state index contributed by atoms with van der Waals surface area (Å²) in [4.78, 5) is 29.0. The summed E-state index contributed by atoms with van der Waals surface area (Å²) in [6, 6.07) is 16.3. The number of aryl methyl sites for hydroxylation is 1. The van der Waals surface area contributed by atoms with Gasteiger partial charge in [0.1, 0.15) is 17.2 Å². The van der Waals surface area contributed by atoms with Gasteiger partial charge in [-0.1, -0.05) is 28.9 Å². The first-order valence-electron chi connectivity index (χ1n) is 10.2. The smallest absolute Gasteiger partial charge is 0.275 e. The molecule has 1 atom stereocenters. The van der Waals surface area contributed by atoms with E-state index in [1.807, 2.05) is 18.2 Å². The van der Waals surface area contributed by atoms with Gasteiger partial charge in [-0.3, -0.25) is 14.9 Å². The fourth-order valence-corrected chi connectivity index (χ4v) is 3.68. The maximum Gasteiger partial charge on any atom is 0.275 e. The molecule has 0 saturated heterocycles. The third kappa shape index (κ3) is 5.10. The van der Waals surface area contributed by atoms with Gasteiger partial charge in [0.15, 0.2) is 0 Å². The number of anilines is 1. The van der Waals surface area contributed by atoms with E-state index in [9.17, 15) is 14.9 Å². The number of para-hydroxylation sites is 1. The van der Waals surface area contributed by atoms with E-state index in [1.165, 1.54) is 18.2 Å². The molecule has 3 aromatic rings. The van der Waals surface area contributed by atoms with E-state index in [0.29, 0.717) is 22.2 Å². The van der Waals surface area contributed by atoms with Gasteiger partial charge in [-0.2, -0.15) is 0 Å². The largest absolute Gasteiger partial charge is 0.496 e. The van der Waals surface area contributed by atoms with Crippen LogP contribution in [-0.4, -0.2) is 29.8 Å². The Labute approximate surface area is 200 Å². The van der Waals surface area contributed by atoms with Gasteiger partial charge in [0.2, 0.25) is 6.10 Å². The van der Waals surface area contributed by atoms with Crippen molar-refractivity contribution in [2.45, 2.75) is 19.4 Å². The molecule has 1 amide bonds. The Morgan fingerprint density at radius 2 is 1.97 bits per heavy atom. The van der Waals surface area contributed by atoms with Crippen LogP contribution in [-0.2, 0) is 9.63 Å². The van der Waals surface area contributed by atoms with Crippen molar-refractivity contribution >= 4 is 34.6 Å². The van der Waals surface area contributed by atoms with Crippen LogP contribution in [0.3, 0.4) is 0 Å². The highest BCUT2D eigenvalue weighted by Gasteiger charge is 2.30. The van der Waals surface area contributed by atoms with Gasteiger partial charge in [0.25, 0.3) is 11.6 Å². The molecule has 0 bridgehead atoms. The second kappa shape index (κ2) is 9.80. The van der Waals surface area contributed by atoms with E-state index in [4.69, 9.17) is 25.9 Å². The zero-order chi connectivity index (χ0) is 24.2. The van der Waals surface area contributed by atoms with Gasteiger partial charge in [-0.05, 0) is 42.8 Å². The van der Waals surface area contributed by atoms with Crippen molar-refractivity contribution in [2.75, 3.05) is 12.4 Å². The van der Waals surface area contributed by atoms with Crippen molar-refractivity contribution < 1.29 is 24.0 Å². The molecule has 1 N–H and O–H groups in total. The number of nitrogens with zero attached hydrogens (tertiary/aromatic N) is 2. The lowest BCUT2D eigenvalue weighted by molar-refractivity contribution is -0.384. The van der Waals surface area contributed by atoms with Crippen LogP contribution < -0.4 is 14.8 Å². The Morgan fingerprint density at radius 1 is 1.18 bits per heavy atom. The van der Waals surface area contributed by atoms with Gasteiger partial charge in [0.05, 0.1) is 29.5 Å². The van der Waals surface area contributed by atoms with E-state index in [2.05, 4.69) is 10.5 Å². The molecule has 3 aromatic carbocycles. The van der Waals surface area contributed by atoms with Crippen LogP contribution >= 0.6 is 11.6 Å². The predicted molar refractivity (Wildman–Crippen MR) is 127 cm³/mol. The first-order valence-corrected chi connectivity index (χ1v) is 10.6. The summed E-state index contributed by atoms with van der Waals surface area (Å²) in [5.74, 6) is 0.788. The zero-order valence-corrected chi connectivity index (χ0v) is 19.0. The number of hydrogen-bond donors (Lipinski definition) is 1. The summed E-state index contributed by atoms with van der Waals surface area (Å²) in [6.07, 6.45) is -0.684. The zero-order valence-electron chi connectivity index (χ0n) is 18.3. The van der Waals surface area contributed by atoms with Crippen LogP contribution in [0.15, 0.2) is 65.8 Å². The molecular formula is C24H20ClN3O6. The maximum atomic E-state index is 12.8. The standard InChI is InChI=1S/C24H20ClN3O6/c1-14-9-15(25)7-8-21(14)33-18-11-16(10-17(12-18)28(30)31)26-24(29)23-13-20(27-34-23)19-5-3-4-6-22(19)32-2/h3-12,23H,13H2,1-2H3,(H,26,29). The third-order valence-electron chi connectivity index (χ3n) is 5.11. The highest BCUT2D eigenvalue weighted by molar-refractivity contribution is 6.30. The number of nitro benzene ring substituents is 1. The minimum Gasteiger partial charge on any atom is -0.496 e. The molecule has 0 aromatic heterocycles. The van der Waals surface area contributed by atoms with Crippen molar-refractivity contribution in [1.29, 1.82) is 0 Å². The minimum absolute atomic E-state index is 0.188. The quantitative estimate of drug-likeness (QED) is 0.352. The molecule has 9 nitrogen and oxygen atoms in total. The van der Waals surface area contributed by atoms with Crippen LogP contribution in [0.5, 0.6) is 17.2 Å². The number of non-ortho nitro benzene ring substituents is 1. The van der Waals surface area contributed by atoms with Crippen molar-refractivity contribution in [3.63, 3.8) is 0 Å². The SMILES string of the molecule is COc1ccccc1C1=NOC(C(=O)Nc2cc(Oc3ccc(Cl)cc3C)cc([N+](=O)[O-])c2)C1. The first-order chi connectivity index (χ1) is 16.3. The summed E-state index contributed by atoms with van der Waals surface area (Å²) in [6.45, 7) is 1.80. The number of nitro groups is 1. The normalized spacial score (nSPS) is 14.7. The summed E-state index contributed by atoms with van der Waals surface area (Å²) in [5.41, 5.74) is 2.00. The predicted octanol–water partition coefficient (Wildman–Crippen LogP) is 5.49. The number of rotatable bonds is 7. The molecule has 34 heavy (non-hydrogen) atoms. The van der Waals surface area contributed by atoms with E-state index >= 15 is 0 Å². The average Bonchev–Trinajstić information content (AvgIpc) is 3.31. The number of carbonyl (C=O) groups excluding carboxylic acids is 1. The highest BCUT2D eigenvalue weighted by Crippen LogP contribution is 2.33. The van der Waals surface area contributed by atoms with Crippen molar-refractivity contribution in [3.8, 4) is 17.2 Å². The Bertz CT molecular complexity index is 1290. The number of oxime groups is 1. The molecule has 1 aliphatic rings. The Morgan fingerprint density at radius 3 is 2.71 bits per heavy atom. The number of methoxy groups -OCH3 is 1. The van der Waals surface area contributed by atoms with Crippen LogP contribution in [0.1, 0.15) is 17.5 Å². The molecule has 0 spiro atoms. The number of amides is 1. The van der Waals surface area contributed by atoms with Crippen molar-refractivity contribution in [3.05, 3.63) is 86.9 Å². The third-order valence-corrected chi connectivity index (χ3v) is 5.35. The van der Waals surface area contributed by atoms with Gasteiger partial charge >= 0.3 is 0 Å². The first kappa shape index (κ1) is 23.1. The molecule has 10 heteroatoms. The van der Waals surface area contributed by atoms with E-state index in [-0.39, 0.29) is 23.5 Å². The summed E-state index contributed by atoms with van der Waals surface area (Å²) >= 11 is 5.98. The number of nitrogens with one attached hydrogen (secondary N) is 1. The minimum atomic E-state index is -0.901. The summed E-state index contributed by atoms with van der Waals surface area (Å²) in [7, 11) is 1.55. The van der Waals surface area contributed by atoms with Crippen LogP contribution in [0.25, 0.3) is 0 Å². The molecule has 174 valence electrons. The fraction of sp³-hybridized carbons (Fsp3) is 0.167. The van der Waals surface area contributed by atoms with E-state index in [1.54, 1.807) is 38.3 Å². The molecule has 0 aliphatic carbocycles. The van der Waals surface area contributed by atoms with Gasteiger partial charge < -0.3 is 19.6 Å². The Balaban J connectivity index is 1.51. The topological polar surface area (TPSA) is 112 Å². The maximum absolute atomic E-state index is 12.8. The molecule has 1 aliphatic heterocycles. The van der Waals surface area contributed by atoms with Gasteiger partial charge in [-0.25, -0.2) is 0 Å². The molecule has 0 fully saturated rings. The summed E-state index contributed by atoms with van der Waals surface area (Å²) in [5, 5.41) is 18.7. The molecule has 1 unspecified atom stereocenters. The fourth-order valence-electron chi connectivity index (χ4n) is 3.46. The molecule has 4 rings (SSSR count). The monoisotopic (exact) mass is 481 g/mol. The Kier molecular flexibility index (Phi) is 6.65. The second-order valence-electron chi connectivity index (χ2n) is 7.51. The van der Waals surface area contributed by atoms with E-state index in [0.717, 1.165) is 11.1 Å². The molecule has 0 saturated carbocycles.